The lowest BCUT2D eigenvalue weighted by Gasteiger charge is -2.24. The van der Waals surface area contributed by atoms with Crippen molar-refractivity contribution >= 4 is 10.9 Å². The summed E-state index contributed by atoms with van der Waals surface area (Å²) in [5.74, 6) is 0.412. The highest BCUT2D eigenvalue weighted by Gasteiger charge is 2.20. The average Bonchev–Trinajstić information content (AvgIpc) is 2.68. The van der Waals surface area contributed by atoms with Gasteiger partial charge < -0.3 is 10.3 Å². The van der Waals surface area contributed by atoms with Crippen molar-refractivity contribution in [3.63, 3.8) is 0 Å². The fourth-order valence-electron chi connectivity index (χ4n) is 2.62. The predicted octanol–water partition coefficient (Wildman–Crippen LogP) is 2.30. The molecule has 0 saturated carbocycles. The Morgan fingerprint density at radius 2 is 2.31 bits per heavy atom. The minimum absolute atomic E-state index is 0.122. The molecule has 1 aromatic heterocycles. The van der Waals surface area contributed by atoms with Gasteiger partial charge in [-0.1, -0.05) is 6.07 Å². The first-order valence-electron chi connectivity index (χ1n) is 5.76. The van der Waals surface area contributed by atoms with Crippen LogP contribution in [0, 0.1) is 11.7 Å². The SMILES string of the molecule is NCC1CCc2cc3c(F)cccc3n2C1. The highest BCUT2D eigenvalue weighted by molar-refractivity contribution is 5.82. The summed E-state index contributed by atoms with van der Waals surface area (Å²) in [4.78, 5) is 0. The van der Waals surface area contributed by atoms with E-state index in [1.807, 2.05) is 12.1 Å². The monoisotopic (exact) mass is 218 g/mol. The number of aryl methyl sites for hydroxylation is 1. The van der Waals surface area contributed by atoms with Gasteiger partial charge in [-0.05, 0) is 43.5 Å². The van der Waals surface area contributed by atoms with Crippen molar-refractivity contribution < 1.29 is 4.39 Å². The van der Waals surface area contributed by atoms with Crippen molar-refractivity contribution in [2.45, 2.75) is 19.4 Å². The van der Waals surface area contributed by atoms with Crippen LogP contribution in [0.4, 0.5) is 4.39 Å². The third kappa shape index (κ3) is 1.35. The maximum absolute atomic E-state index is 13.6. The Kier molecular flexibility index (Phi) is 2.21. The van der Waals surface area contributed by atoms with Crippen molar-refractivity contribution in [3.05, 3.63) is 35.8 Å². The van der Waals surface area contributed by atoms with Crippen LogP contribution in [0.15, 0.2) is 24.3 Å². The summed E-state index contributed by atoms with van der Waals surface area (Å²) in [5.41, 5.74) is 7.96. The molecule has 1 aliphatic rings. The zero-order chi connectivity index (χ0) is 11.1. The van der Waals surface area contributed by atoms with Gasteiger partial charge in [0.05, 0.1) is 5.52 Å². The summed E-state index contributed by atoms with van der Waals surface area (Å²) in [6.07, 6.45) is 2.13. The number of hydrogen-bond donors (Lipinski definition) is 1. The van der Waals surface area contributed by atoms with E-state index in [4.69, 9.17) is 5.73 Å². The number of nitrogens with two attached hydrogens (primary N) is 1. The number of rotatable bonds is 1. The molecule has 3 rings (SSSR count). The molecule has 0 spiro atoms. The first-order chi connectivity index (χ1) is 7.79. The summed E-state index contributed by atoms with van der Waals surface area (Å²) in [6, 6.07) is 7.27. The number of hydrogen-bond acceptors (Lipinski definition) is 1. The van der Waals surface area contributed by atoms with Crippen LogP contribution in [0.2, 0.25) is 0 Å². The van der Waals surface area contributed by atoms with Crippen molar-refractivity contribution in [1.29, 1.82) is 0 Å². The maximum Gasteiger partial charge on any atom is 0.132 e. The minimum atomic E-state index is -0.122. The van der Waals surface area contributed by atoms with Crippen molar-refractivity contribution in [2.24, 2.45) is 11.7 Å². The van der Waals surface area contributed by atoms with Crippen LogP contribution in [0.3, 0.4) is 0 Å². The average molecular weight is 218 g/mol. The van der Waals surface area contributed by atoms with E-state index in [-0.39, 0.29) is 5.82 Å². The second kappa shape index (κ2) is 3.59. The van der Waals surface area contributed by atoms with Gasteiger partial charge in [0.1, 0.15) is 5.82 Å². The van der Waals surface area contributed by atoms with Gasteiger partial charge in [-0.25, -0.2) is 4.39 Å². The first kappa shape index (κ1) is 9.85. The maximum atomic E-state index is 13.6. The zero-order valence-electron chi connectivity index (χ0n) is 9.12. The molecule has 2 nitrogen and oxygen atoms in total. The van der Waals surface area contributed by atoms with E-state index in [0.717, 1.165) is 30.3 Å². The lowest BCUT2D eigenvalue weighted by Crippen LogP contribution is -2.25. The van der Waals surface area contributed by atoms with E-state index >= 15 is 0 Å². The van der Waals surface area contributed by atoms with Crippen LogP contribution in [0.1, 0.15) is 12.1 Å². The Morgan fingerprint density at radius 1 is 1.44 bits per heavy atom. The third-order valence-electron chi connectivity index (χ3n) is 3.56. The topological polar surface area (TPSA) is 30.9 Å². The molecule has 2 N–H and O–H groups in total. The van der Waals surface area contributed by atoms with Gasteiger partial charge in [-0.15, -0.1) is 0 Å². The van der Waals surface area contributed by atoms with Gasteiger partial charge >= 0.3 is 0 Å². The fraction of sp³-hybridized carbons (Fsp3) is 0.385. The molecule has 2 heterocycles. The highest BCUT2D eigenvalue weighted by atomic mass is 19.1. The molecule has 0 saturated heterocycles. The van der Waals surface area contributed by atoms with E-state index in [0.29, 0.717) is 12.5 Å². The Bertz CT molecular complexity index is 530. The minimum Gasteiger partial charge on any atom is -0.344 e. The molecular formula is C13H15FN2. The summed E-state index contributed by atoms with van der Waals surface area (Å²) < 4.78 is 15.8. The molecular weight excluding hydrogens is 203 g/mol. The van der Waals surface area contributed by atoms with E-state index in [1.54, 1.807) is 6.07 Å². The molecule has 0 radical (unpaired) electrons. The third-order valence-corrected chi connectivity index (χ3v) is 3.56. The van der Waals surface area contributed by atoms with Crippen LogP contribution in [-0.4, -0.2) is 11.1 Å². The smallest absolute Gasteiger partial charge is 0.132 e. The Morgan fingerprint density at radius 3 is 3.12 bits per heavy atom. The van der Waals surface area contributed by atoms with Crippen molar-refractivity contribution in [1.82, 2.24) is 4.57 Å². The molecule has 1 unspecified atom stereocenters. The molecule has 0 amide bonds. The van der Waals surface area contributed by atoms with Crippen LogP contribution in [-0.2, 0) is 13.0 Å². The normalized spacial score (nSPS) is 20.0. The number of nitrogens with zero attached hydrogens (tertiary/aromatic N) is 1. The molecule has 0 aliphatic carbocycles. The molecule has 0 bridgehead atoms. The Balaban J connectivity index is 2.18. The van der Waals surface area contributed by atoms with Gasteiger partial charge in [0.15, 0.2) is 0 Å². The van der Waals surface area contributed by atoms with E-state index in [2.05, 4.69) is 4.57 Å². The number of fused-ring (bicyclic) bond motifs is 3. The predicted molar refractivity (Wildman–Crippen MR) is 62.8 cm³/mol. The lowest BCUT2D eigenvalue weighted by molar-refractivity contribution is 0.385. The van der Waals surface area contributed by atoms with Crippen LogP contribution < -0.4 is 5.73 Å². The molecule has 1 aromatic carbocycles. The van der Waals surface area contributed by atoms with E-state index in [1.165, 1.54) is 11.8 Å². The second-order valence-electron chi connectivity index (χ2n) is 4.56. The van der Waals surface area contributed by atoms with Crippen molar-refractivity contribution in [2.75, 3.05) is 6.54 Å². The van der Waals surface area contributed by atoms with Gasteiger partial charge in [-0.2, -0.15) is 0 Å². The molecule has 0 fully saturated rings. The van der Waals surface area contributed by atoms with Gasteiger partial charge in [0.25, 0.3) is 0 Å². The fourth-order valence-corrected chi connectivity index (χ4v) is 2.62. The van der Waals surface area contributed by atoms with Crippen molar-refractivity contribution in [3.8, 4) is 0 Å². The standard InChI is InChI=1S/C13H15FN2/c14-12-2-1-3-13-11(12)6-10-5-4-9(7-15)8-16(10)13/h1-3,6,9H,4-5,7-8,15H2. The van der Waals surface area contributed by atoms with Gasteiger partial charge in [-0.3, -0.25) is 0 Å². The highest BCUT2D eigenvalue weighted by Crippen LogP contribution is 2.28. The summed E-state index contributed by atoms with van der Waals surface area (Å²) >= 11 is 0. The largest absolute Gasteiger partial charge is 0.344 e. The number of aromatic nitrogens is 1. The van der Waals surface area contributed by atoms with Gasteiger partial charge in [0, 0.05) is 17.6 Å². The Hall–Kier alpha value is -1.35. The second-order valence-corrected chi connectivity index (χ2v) is 4.56. The van der Waals surface area contributed by atoms with E-state index in [9.17, 15) is 4.39 Å². The number of benzene rings is 1. The zero-order valence-corrected chi connectivity index (χ0v) is 9.12. The molecule has 2 aromatic rings. The molecule has 84 valence electrons. The Labute approximate surface area is 93.9 Å². The van der Waals surface area contributed by atoms with E-state index < -0.39 is 0 Å². The molecule has 16 heavy (non-hydrogen) atoms. The van der Waals surface area contributed by atoms with Crippen LogP contribution in [0.5, 0.6) is 0 Å². The summed E-state index contributed by atoms with van der Waals surface area (Å²) in [7, 11) is 0. The number of halogens is 1. The lowest BCUT2D eigenvalue weighted by atomic mass is 9.98. The summed E-state index contributed by atoms with van der Waals surface area (Å²) in [6.45, 7) is 1.65. The summed E-state index contributed by atoms with van der Waals surface area (Å²) in [5, 5.41) is 0.746. The van der Waals surface area contributed by atoms with Crippen LogP contribution in [0.25, 0.3) is 10.9 Å². The molecule has 3 heteroatoms. The molecule has 1 atom stereocenters. The van der Waals surface area contributed by atoms with Gasteiger partial charge in [0.2, 0.25) is 0 Å². The molecule has 1 aliphatic heterocycles. The van der Waals surface area contributed by atoms with Crippen LogP contribution >= 0.6 is 0 Å². The quantitative estimate of drug-likeness (QED) is 0.782. The first-order valence-corrected chi connectivity index (χ1v) is 5.76.